The molecule has 5 heteroatoms. The molecule has 0 spiro atoms. The van der Waals surface area contributed by atoms with E-state index >= 15 is 0 Å². The lowest BCUT2D eigenvalue weighted by Gasteiger charge is -2.14. The van der Waals surface area contributed by atoms with Crippen molar-refractivity contribution in [1.82, 2.24) is 10.6 Å². The predicted molar refractivity (Wildman–Crippen MR) is 103 cm³/mol. The van der Waals surface area contributed by atoms with E-state index in [9.17, 15) is 0 Å². The van der Waals surface area contributed by atoms with E-state index in [1.807, 2.05) is 0 Å². The molecule has 1 heterocycles. The second-order valence-corrected chi connectivity index (χ2v) is 6.67. The Labute approximate surface area is 152 Å². The van der Waals surface area contributed by atoms with E-state index in [-0.39, 0.29) is 6.10 Å². The van der Waals surface area contributed by atoms with Gasteiger partial charge in [0.1, 0.15) is 0 Å². The summed E-state index contributed by atoms with van der Waals surface area (Å²) in [4.78, 5) is 4.72. The van der Waals surface area contributed by atoms with Crippen LogP contribution in [0, 0.1) is 6.92 Å². The average molecular weight is 348 g/mol. The minimum atomic E-state index is 0.289. The van der Waals surface area contributed by atoms with Crippen molar-refractivity contribution in [2.75, 3.05) is 39.5 Å². The zero-order valence-electron chi connectivity index (χ0n) is 15.9. The van der Waals surface area contributed by atoms with Crippen LogP contribution >= 0.6 is 0 Å². The van der Waals surface area contributed by atoms with Crippen molar-refractivity contribution in [2.45, 2.75) is 45.6 Å². The largest absolute Gasteiger partial charge is 0.379 e. The molecule has 5 nitrogen and oxygen atoms in total. The van der Waals surface area contributed by atoms with Gasteiger partial charge in [-0.1, -0.05) is 36.8 Å². The fraction of sp³-hybridized carbons (Fsp3) is 0.650. The summed E-state index contributed by atoms with van der Waals surface area (Å²) >= 11 is 0. The van der Waals surface area contributed by atoms with Gasteiger partial charge in [-0.2, -0.15) is 0 Å². The smallest absolute Gasteiger partial charge is 0.191 e. The number of rotatable bonds is 9. The van der Waals surface area contributed by atoms with Gasteiger partial charge in [0.25, 0.3) is 0 Å². The molecule has 0 amide bonds. The first-order valence-corrected chi connectivity index (χ1v) is 9.47. The van der Waals surface area contributed by atoms with E-state index in [0.29, 0.717) is 5.92 Å². The summed E-state index contributed by atoms with van der Waals surface area (Å²) in [7, 11) is 0. The summed E-state index contributed by atoms with van der Waals surface area (Å²) in [5, 5.41) is 6.70. The first-order valence-electron chi connectivity index (χ1n) is 9.47. The zero-order chi connectivity index (χ0) is 17.9. The van der Waals surface area contributed by atoms with Gasteiger partial charge in [-0.25, -0.2) is 0 Å². The molecule has 1 aromatic rings. The third kappa shape index (κ3) is 7.45. The Morgan fingerprint density at radius 1 is 1.32 bits per heavy atom. The van der Waals surface area contributed by atoms with Gasteiger partial charge in [0.05, 0.1) is 12.7 Å². The summed E-state index contributed by atoms with van der Waals surface area (Å²) in [6, 6.07) is 8.71. The molecule has 2 unspecified atom stereocenters. The van der Waals surface area contributed by atoms with Crippen LogP contribution < -0.4 is 10.6 Å². The lowest BCUT2D eigenvalue weighted by Crippen LogP contribution is -2.38. The Hall–Kier alpha value is -1.59. The van der Waals surface area contributed by atoms with Crippen LogP contribution in [0.25, 0.3) is 0 Å². The van der Waals surface area contributed by atoms with Crippen LogP contribution in [0.15, 0.2) is 29.3 Å². The number of ether oxygens (including phenoxy) is 2. The number of hydrogen-bond acceptors (Lipinski definition) is 3. The minimum absolute atomic E-state index is 0.289. The van der Waals surface area contributed by atoms with Gasteiger partial charge in [0, 0.05) is 38.8 Å². The van der Waals surface area contributed by atoms with Crippen LogP contribution in [0.3, 0.4) is 0 Å². The highest BCUT2D eigenvalue weighted by atomic mass is 16.5. The number of nitrogens with one attached hydrogen (secondary N) is 2. The number of aryl methyl sites for hydroxylation is 1. The molecule has 2 rings (SSSR count). The van der Waals surface area contributed by atoms with Gasteiger partial charge < -0.3 is 20.1 Å². The number of benzene rings is 1. The van der Waals surface area contributed by atoms with E-state index in [1.54, 1.807) is 0 Å². The SMILES string of the molecule is CCNC(=NCC(C)c1ccc(C)cc1)NCCCOC1CCOC1. The molecule has 2 N–H and O–H groups in total. The quantitative estimate of drug-likeness (QED) is 0.410. The minimum Gasteiger partial charge on any atom is -0.379 e. The van der Waals surface area contributed by atoms with E-state index in [1.165, 1.54) is 11.1 Å². The van der Waals surface area contributed by atoms with Crippen molar-refractivity contribution in [3.8, 4) is 0 Å². The maximum atomic E-state index is 5.79. The topological polar surface area (TPSA) is 54.9 Å². The van der Waals surface area contributed by atoms with Gasteiger partial charge in [0.15, 0.2) is 5.96 Å². The molecule has 1 aliphatic heterocycles. The molecule has 0 saturated carbocycles. The molecule has 0 bridgehead atoms. The zero-order valence-corrected chi connectivity index (χ0v) is 15.9. The third-order valence-corrected chi connectivity index (χ3v) is 4.37. The van der Waals surface area contributed by atoms with Gasteiger partial charge in [0.2, 0.25) is 0 Å². The molecule has 0 radical (unpaired) electrons. The maximum Gasteiger partial charge on any atom is 0.191 e. The van der Waals surface area contributed by atoms with Gasteiger partial charge in [-0.3, -0.25) is 4.99 Å². The van der Waals surface area contributed by atoms with Crippen molar-refractivity contribution in [1.29, 1.82) is 0 Å². The van der Waals surface area contributed by atoms with Crippen LogP contribution in [0.4, 0.5) is 0 Å². The highest BCUT2D eigenvalue weighted by molar-refractivity contribution is 5.79. The number of hydrogen-bond donors (Lipinski definition) is 2. The standard InChI is InChI=1S/C20H33N3O2/c1-4-21-20(22-11-5-12-25-19-10-13-24-15-19)23-14-17(3)18-8-6-16(2)7-9-18/h6-9,17,19H,4-5,10-15H2,1-3H3,(H2,21,22,23). The van der Waals surface area contributed by atoms with E-state index < -0.39 is 0 Å². The van der Waals surface area contributed by atoms with Crippen molar-refractivity contribution in [3.63, 3.8) is 0 Å². The average Bonchev–Trinajstić information content (AvgIpc) is 3.13. The van der Waals surface area contributed by atoms with E-state index in [2.05, 4.69) is 55.7 Å². The summed E-state index contributed by atoms with van der Waals surface area (Å²) in [5.74, 6) is 1.28. The predicted octanol–water partition coefficient (Wildman–Crippen LogP) is 2.85. The second-order valence-electron chi connectivity index (χ2n) is 6.67. The normalized spacial score (nSPS) is 19.0. The number of nitrogens with zero attached hydrogens (tertiary/aromatic N) is 1. The van der Waals surface area contributed by atoms with Crippen molar-refractivity contribution in [3.05, 3.63) is 35.4 Å². The van der Waals surface area contributed by atoms with Crippen LogP contribution in [-0.4, -0.2) is 51.5 Å². The lowest BCUT2D eigenvalue weighted by atomic mass is 10.0. The Morgan fingerprint density at radius 2 is 2.12 bits per heavy atom. The van der Waals surface area contributed by atoms with Crippen LogP contribution in [0.2, 0.25) is 0 Å². The first kappa shape index (κ1) is 19.7. The Kier molecular flexibility index (Phi) is 8.77. The molecular formula is C20H33N3O2. The van der Waals surface area contributed by atoms with E-state index in [4.69, 9.17) is 14.5 Å². The summed E-state index contributed by atoms with van der Waals surface area (Å²) < 4.78 is 11.1. The molecular weight excluding hydrogens is 314 g/mol. The van der Waals surface area contributed by atoms with Crippen molar-refractivity contribution < 1.29 is 9.47 Å². The van der Waals surface area contributed by atoms with Crippen LogP contribution in [0.1, 0.15) is 43.7 Å². The fourth-order valence-corrected chi connectivity index (χ4v) is 2.74. The number of aliphatic imine (C=N–C) groups is 1. The van der Waals surface area contributed by atoms with Gasteiger partial charge >= 0.3 is 0 Å². The van der Waals surface area contributed by atoms with E-state index in [0.717, 1.165) is 58.3 Å². The van der Waals surface area contributed by atoms with Gasteiger partial charge in [-0.15, -0.1) is 0 Å². The number of guanidine groups is 1. The summed E-state index contributed by atoms with van der Waals surface area (Å²) in [6.07, 6.45) is 2.28. The molecule has 1 fully saturated rings. The van der Waals surface area contributed by atoms with Crippen molar-refractivity contribution >= 4 is 5.96 Å². The maximum absolute atomic E-state index is 5.79. The Bertz CT molecular complexity index is 510. The molecule has 1 saturated heterocycles. The first-order chi connectivity index (χ1) is 12.2. The van der Waals surface area contributed by atoms with Crippen LogP contribution in [-0.2, 0) is 9.47 Å². The third-order valence-electron chi connectivity index (χ3n) is 4.37. The molecule has 0 aliphatic carbocycles. The van der Waals surface area contributed by atoms with Crippen LogP contribution in [0.5, 0.6) is 0 Å². The lowest BCUT2D eigenvalue weighted by molar-refractivity contribution is 0.0420. The molecule has 0 aromatic heterocycles. The molecule has 1 aliphatic rings. The highest BCUT2D eigenvalue weighted by Crippen LogP contribution is 2.16. The molecule has 140 valence electrons. The second kappa shape index (κ2) is 11.1. The summed E-state index contributed by atoms with van der Waals surface area (Å²) in [6.45, 7) is 11.3. The monoisotopic (exact) mass is 347 g/mol. The Morgan fingerprint density at radius 3 is 2.80 bits per heavy atom. The van der Waals surface area contributed by atoms with Gasteiger partial charge in [-0.05, 0) is 32.3 Å². The van der Waals surface area contributed by atoms with Crippen molar-refractivity contribution in [2.24, 2.45) is 4.99 Å². The molecule has 25 heavy (non-hydrogen) atoms. The Balaban J connectivity index is 1.70. The highest BCUT2D eigenvalue weighted by Gasteiger charge is 2.15. The molecule has 1 aromatic carbocycles. The fourth-order valence-electron chi connectivity index (χ4n) is 2.74. The molecule has 2 atom stereocenters. The summed E-state index contributed by atoms with van der Waals surface area (Å²) in [5.41, 5.74) is 2.62.